The van der Waals surface area contributed by atoms with Crippen LogP contribution in [-0.4, -0.2) is 67.2 Å². The Kier molecular flexibility index (Phi) is 9.97. The smallest absolute Gasteiger partial charge is 0.322 e. The highest BCUT2D eigenvalue weighted by atomic mass is 16.5. The fraction of sp³-hybridized carbons (Fsp3) is 0.290. The molecule has 2 N–H and O–H groups in total. The number of anilines is 1. The SMILES string of the molecule is COCCCN(CC(=O)N(CCc1c[nH]c2ccccc12)Cc1ccccc1)C(=O)Nc1ccccc1OC. The van der Waals surface area contributed by atoms with Gasteiger partial charge in [-0.05, 0) is 42.2 Å². The van der Waals surface area contributed by atoms with E-state index in [0.717, 1.165) is 22.0 Å². The predicted octanol–water partition coefficient (Wildman–Crippen LogP) is 5.32. The molecule has 4 aromatic rings. The van der Waals surface area contributed by atoms with Gasteiger partial charge in [-0.25, -0.2) is 4.79 Å². The van der Waals surface area contributed by atoms with Crippen LogP contribution in [0.5, 0.6) is 5.75 Å². The highest BCUT2D eigenvalue weighted by molar-refractivity contribution is 5.93. The summed E-state index contributed by atoms with van der Waals surface area (Å²) in [5.41, 5.74) is 3.82. The first-order valence-corrected chi connectivity index (χ1v) is 13.1. The van der Waals surface area contributed by atoms with E-state index in [2.05, 4.69) is 16.4 Å². The normalized spacial score (nSPS) is 10.8. The minimum atomic E-state index is -0.361. The number of amides is 3. The molecule has 0 bridgehead atoms. The van der Waals surface area contributed by atoms with Crippen molar-refractivity contribution in [2.45, 2.75) is 19.4 Å². The number of rotatable bonds is 13. The fourth-order valence-corrected chi connectivity index (χ4v) is 4.55. The Labute approximate surface area is 229 Å². The van der Waals surface area contributed by atoms with E-state index in [1.165, 1.54) is 4.90 Å². The van der Waals surface area contributed by atoms with Crippen molar-refractivity contribution in [3.05, 3.63) is 96.2 Å². The van der Waals surface area contributed by atoms with Gasteiger partial charge >= 0.3 is 6.03 Å². The summed E-state index contributed by atoms with van der Waals surface area (Å²) in [7, 11) is 3.18. The molecule has 0 saturated heterocycles. The highest BCUT2D eigenvalue weighted by Gasteiger charge is 2.22. The zero-order valence-corrected chi connectivity index (χ0v) is 22.6. The van der Waals surface area contributed by atoms with Gasteiger partial charge in [0.15, 0.2) is 0 Å². The summed E-state index contributed by atoms with van der Waals surface area (Å²) in [5, 5.41) is 4.06. The second-order valence-electron chi connectivity index (χ2n) is 9.31. The van der Waals surface area contributed by atoms with E-state index in [4.69, 9.17) is 9.47 Å². The Morgan fingerprint density at radius 1 is 0.872 bits per heavy atom. The zero-order valence-electron chi connectivity index (χ0n) is 22.6. The molecule has 3 amide bonds. The molecule has 3 aromatic carbocycles. The van der Waals surface area contributed by atoms with Crippen molar-refractivity contribution < 1.29 is 19.1 Å². The van der Waals surface area contributed by atoms with Gasteiger partial charge in [-0.1, -0.05) is 60.7 Å². The number of carbonyl (C=O) groups excluding carboxylic acids is 2. The first-order chi connectivity index (χ1) is 19.1. The molecule has 0 unspecified atom stereocenters. The van der Waals surface area contributed by atoms with E-state index >= 15 is 0 Å². The van der Waals surface area contributed by atoms with E-state index in [1.807, 2.05) is 71.8 Å². The third kappa shape index (κ3) is 7.61. The summed E-state index contributed by atoms with van der Waals surface area (Å²) in [4.78, 5) is 33.7. The monoisotopic (exact) mass is 528 g/mol. The van der Waals surface area contributed by atoms with Gasteiger partial charge in [-0.3, -0.25) is 4.79 Å². The van der Waals surface area contributed by atoms with Gasteiger partial charge in [0.05, 0.1) is 12.8 Å². The summed E-state index contributed by atoms with van der Waals surface area (Å²) >= 11 is 0. The number of para-hydroxylation sites is 3. The maximum absolute atomic E-state index is 13.7. The van der Waals surface area contributed by atoms with Crippen LogP contribution in [0.25, 0.3) is 10.9 Å². The van der Waals surface area contributed by atoms with E-state index in [0.29, 0.717) is 50.5 Å². The average molecular weight is 529 g/mol. The minimum absolute atomic E-state index is 0.0502. The second kappa shape index (κ2) is 14.0. The molecule has 0 spiro atoms. The van der Waals surface area contributed by atoms with Crippen molar-refractivity contribution in [1.82, 2.24) is 14.8 Å². The van der Waals surface area contributed by atoms with Crippen molar-refractivity contribution >= 4 is 28.5 Å². The molecule has 39 heavy (non-hydrogen) atoms. The van der Waals surface area contributed by atoms with E-state index in [1.54, 1.807) is 26.4 Å². The van der Waals surface area contributed by atoms with E-state index in [-0.39, 0.29) is 18.5 Å². The van der Waals surface area contributed by atoms with Crippen LogP contribution in [0, 0.1) is 0 Å². The molecule has 1 aromatic heterocycles. The first-order valence-electron chi connectivity index (χ1n) is 13.1. The number of aromatic amines is 1. The van der Waals surface area contributed by atoms with Crippen molar-refractivity contribution in [3.63, 3.8) is 0 Å². The first kappa shape index (κ1) is 27.7. The Balaban J connectivity index is 1.51. The molecular formula is C31H36N4O4. The summed E-state index contributed by atoms with van der Waals surface area (Å²) in [6.45, 7) is 1.80. The predicted molar refractivity (Wildman–Crippen MR) is 154 cm³/mol. The number of urea groups is 1. The number of aromatic nitrogens is 1. The summed E-state index contributed by atoms with van der Waals surface area (Å²) in [5.74, 6) is 0.435. The number of H-pyrrole nitrogens is 1. The third-order valence-electron chi connectivity index (χ3n) is 6.63. The molecule has 0 aliphatic heterocycles. The van der Waals surface area contributed by atoms with Gasteiger partial charge in [-0.15, -0.1) is 0 Å². The lowest BCUT2D eigenvalue weighted by molar-refractivity contribution is -0.132. The third-order valence-corrected chi connectivity index (χ3v) is 6.63. The van der Waals surface area contributed by atoms with Gasteiger partial charge in [0.2, 0.25) is 5.91 Å². The topological polar surface area (TPSA) is 86.9 Å². The van der Waals surface area contributed by atoms with Crippen molar-refractivity contribution in [2.75, 3.05) is 45.8 Å². The highest BCUT2D eigenvalue weighted by Crippen LogP contribution is 2.23. The molecular weight excluding hydrogens is 492 g/mol. The lowest BCUT2D eigenvalue weighted by atomic mass is 10.1. The Morgan fingerprint density at radius 3 is 2.41 bits per heavy atom. The summed E-state index contributed by atoms with van der Waals surface area (Å²) in [6.07, 6.45) is 3.31. The van der Waals surface area contributed by atoms with Crippen molar-refractivity contribution in [3.8, 4) is 5.75 Å². The maximum atomic E-state index is 13.7. The van der Waals surface area contributed by atoms with Crippen molar-refractivity contribution in [1.29, 1.82) is 0 Å². The number of benzene rings is 3. The van der Waals surface area contributed by atoms with Crippen molar-refractivity contribution in [2.24, 2.45) is 0 Å². The standard InChI is InChI=1S/C31H36N4O4/c1-38-20-10-18-35(31(37)33-28-15-8-9-16-29(28)39-2)23-30(36)34(22-24-11-4-3-5-12-24)19-17-25-21-32-27-14-7-6-13-26(25)27/h3-9,11-16,21,32H,10,17-20,22-23H2,1-2H3,(H,33,37). The molecule has 8 heteroatoms. The lowest BCUT2D eigenvalue weighted by Gasteiger charge is -2.28. The van der Waals surface area contributed by atoms with Gasteiger partial charge in [0.25, 0.3) is 0 Å². The molecule has 0 saturated carbocycles. The van der Waals surface area contributed by atoms with Crippen LogP contribution < -0.4 is 10.1 Å². The molecule has 1 heterocycles. The average Bonchev–Trinajstić information content (AvgIpc) is 3.38. The number of nitrogens with zero attached hydrogens (tertiary/aromatic N) is 2. The van der Waals surface area contributed by atoms with Crippen LogP contribution in [0.1, 0.15) is 17.5 Å². The van der Waals surface area contributed by atoms with Gasteiger partial charge < -0.3 is 29.6 Å². The number of hydrogen-bond acceptors (Lipinski definition) is 4. The molecule has 0 aliphatic rings. The van der Waals surface area contributed by atoms with Gasteiger partial charge in [0.1, 0.15) is 12.3 Å². The summed E-state index contributed by atoms with van der Waals surface area (Å²) < 4.78 is 10.6. The number of nitrogens with one attached hydrogen (secondary N) is 2. The van der Waals surface area contributed by atoms with Gasteiger partial charge in [-0.2, -0.15) is 0 Å². The van der Waals surface area contributed by atoms with Crippen LogP contribution in [0.15, 0.2) is 85.1 Å². The Hall–Kier alpha value is -4.30. The number of fused-ring (bicyclic) bond motifs is 1. The molecule has 204 valence electrons. The van der Waals surface area contributed by atoms with Crippen LogP contribution in [-0.2, 0) is 22.5 Å². The Bertz CT molecular complexity index is 1350. The Morgan fingerprint density at radius 2 is 1.62 bits per heavy atom. The molecule has 0 fully saturated rings. The lowest BCUT2D eigenvalue weighted by Crippen LogP contribution is -2.45. The molecule has 0 aliphatic carbocycles. The van der Waals surface area contributed by atoms with Crippen LogP contribution in [0.3, 0.4) is 0 Å². The summed E-state index contributed by atoms with van der Waals surface area (Å²) in [6, 6.07) is 24.9. The fourth-order valence-electron chi connectivity index (χ4n) is 4.55. The van der Waals surface area contributed by atoms with Crippen LogP contribution in [0.4, 0.5) is 10.5 Å². The molecule has 0 atom stereocenters. The molecule has 4 rings (SSSR count). The zero-order chi connectivity index (χ0) is 27.5. The largest absolute Gasteiger partial charge is 0.495 e. The molecule has 0 radical (unpaired) electrons. The van der Waals surface area contributed by atoms with Gasteiger partial charge in [0, 0.05) is 50.5 Å². The van der Waals surface area contributed by atoms with E-state index in [9.17, 15) is 9.59 Å². The van der Waals surface area contributed by atoms with E-state index < -0.39 is 0 Å². The molecule has 8 nitrogen and oxygen atoms in total. The van der Waals surface area contributed by atoms with Crippen LogP contribution >= 0.6 is 0 Å². The van der Waals surface area contributed by atoms with Crippen LogP contribution in [0.2, 0.25) is 0 Å². The number of methoxy groups -OCH3 is 2. The maximum Gasteiger partial charge on any atom is 0.322 e. The quantitative estimate of drug-likeness (QED) is 0.230. The number of carbonyl (C=O) groups is 2. The minimum Gasteiger partial charge on any atom is -0.495 e. The number of hydrogen-bond donors (Lipinski definition) is 2. The second-order valence-corrected chi connectivity index (χ2v) is 9.31. The number of ether oxygens (including phenoxy) is 2.